The maximum atomic E-state index is 12.3. The number of H-pyrrole nitrogens is 1. The minimum Gasteiger partial charge on any atom is -0.368 e. The molecule has 2 saturated heterocycles. The Balaban J connectivity index is 1.49. The van der Waals surface area contributed by atoms with Gasteiger partial charge in [-0.25, -0.2) is 4.98 Å². The van der Waals surface area contributed by atoms with E-state index in [0.717, 1.165) is 64.8 Å². The number of aromatic amines is 1. The minimum atomic E-state index is -0.226. The molecule has 1 spiro atoms. The van der Waals surface area contributed by atoms with E-state index in [1.807, 2.05) is 30.3 Å². The van der Waals surface area contributed by atoms with Crippen molar-refractivity contribution in [2.45, 2.75) is 6.42 Å². The highest BCUT2D eigenvalue weighted by molar-refractivity contribution is 6.01. The van der Waals surface area contributed by atoms with Crippen LogP contribution in [0.4, 0.5) is 5.69 Å². The largest absolute Gasteiger partial charge is 0.368 e. The summed E-state index contributed by atoms with van der Waals surface area (Å²) < 4.78 is 1.88. The molecule has 28 heavy (non-hydrogen) atoms. The van der Waals surface area contributed by atoms with Crippen molar-refractivity contribution in [1.29, 1.82) is 0 Å². The molecule has 140 valence electrons. The fourth-order valence-corrected chi connectivity index (χ4v) is 4.74. The molecule has 7 nitrogen and oxygen atoms in total. The third kappa shape index (κ3) is 2.01. The molecule has 0 aliphatic carbocycles. The van der Waals surface area contributed by atoms with Crippen molar-refractivity contribution in [3.8, 4) is 11.1 Å². The highest BCUT2D eigenvalue weighted by Gasteiger charge is 2.52. The first kappa shape index (κ1) is 15.7. The average Bonchev–Trinajstić information content (AvgIpc) is 3.38. The standard InChI is InChI=1S/C21H20N6O/c1-26-17-3-2-13(8-14(17)9-25-26)16-10-24-19-15(4-6-22-19)18(16)27-11-21(12-27)5-7-23-20(21)28/h2-4,6,8-10H,5,7,11-12H2,1H3,(H,22,24)(H,23,28). The number of carbonyl (C=O) groups is 1. The van der Waals surface area contributed by atoms with Gasteiger partial charge in [0.15, 0.2) is 0 Å². The number of nitrogens with zero attached hydrogens (tertiary/aromatic N) is 4. The third-order valence-corrected chi connectivity index (χ3v) is 6.29. The predicted octanol–water partition coefficient (Wildman–Crippen LogP) is 2.44. The SMILES string of the molecule is Cn1ncc2cc(-c3cnc4[nH]ccc4c3N3CC4(CCNC4=O)C3)ccc21. The molecule has 7 heteroatoms. The summed E-state index contributed by atoms with van der Waals surface area (Å²) >= 11 is 0. The summed E-state index contributed by atoms with van der Waals surface area (Å²) in [5.74, 6) is 0.196. The van der Waals surface area contributed by atoms with Gasteiger partial charge >= 0.3 is 0 Å². The van der Waals surface area contributed by atoms with Crippen LogP contribution < -0.4 is 10.2 Å². The van der Waals surface area contributed by atoms with E-state index in [4.69, 9.17) is 0 Å². The lowest BCUT2D eigenvalue weighted by Crippen LogP contribution is -2.60. The second kappa shape index (κ2) is 5.34. The summed E-state index contributed by atoms with van der Waals surface area (Å²) in [6.07, 6.45) is 6.67. The number of hydrogen-bond acceptors (Lipinski definition) is 4. The fraction of sp³-hybridized carbons (Fsp3) is 0.286. The Kier molecular flexibility index (Phi) is 2.99. The van der Waals surface area contributed by atoms with Gasteiger partial charge in [0.05, 0.1) is 22.8 Å². The van der Waals surface area contributed by atoms with Crippen molar-refractivity contribution in [2.75, 3.05) is 24.5 Å². The highest BCUT2D eigenvalue weighted by atomic mass is 16.2. The van der Waals surface area contributed by atoms with E-state index in [9.17, 15) is 4.79 Å². The lowest BCUT2D eigenvalue weighted by Gasteiger charge is -2.48. The van der Waals surface area contributed by atoms with Crippen LogP contribution >= 0.6 is 0 Å². The molecule has 2 aliphatic heterocycles. The van der Waals surface area contributed by atoms with E-state index < -0.39 is 0 Å². The van der Waals surface area contributed by atoms with Crippen LogP contribution in [0.15, 0.2) is 42.9 Å². The Morgan fingerprint density at radius 3 is 2.89 bits per heavy atom. The molecular weight excluding hydrogens is 352 g/mol. The normalized spacial score (nSPS) is 18.2. The van der Waals surface area contributed by atoms with Crippen molar-refractivity contribution < 1.29 is 4.79 Å². The van der Waals surface area contributed by atoms with Crippen LogP contribution in [0.1, 0.15) is 6.42 Å². The van der Waals surface area contributed by atoms with Crippen LogP contribution in [0, 0.1) is 5.41 Å². The zero-order valence-electron chi connectivity index (χ0n) is 15.6. The molecule has 1 aromatic carbocycles. The second-order valence-corrected chi connectivity index (χ2v) is 7.94. The first-order valence-electron chi connectivity index (χ1n) is 9.56. The van der Waals surface area contributed by atoms with E-state index >= 15 is 0 Å². The van der Waals surface area contributed by atoms with Crippen molar-refractivity contribution in [3.63, 3.8) is 0 Å². The van der Waals surface area contributed by atoms with Crippen molar-refractivity contribution in [2.24, 2.45) is 12.5 Å². The molecule has 6 rings (SSSR count). The first-order chi connectivity index (χ1) is 13.6. The molecule has 0 saturated carbocycles. The third-order valence-electron chi connectivity index (χ3n) is 6.29. The molecule has 0 radical (unpaired) electrons. The van der Waals surface area contributed by atoms with Gasteiger partial charge in [0.25, 0.3) is 0 Å². The van der Waals surface area contributed by atoms with E-state index in [-0.39, 0.29) is 11.3 Å². The summed E-state index contributed by atoms with van der Waals surface area (Å²) in [6, 6.07) is 8.47. The van der Waals surface area contributed by atoms with Crippen LogP contribution in [-0.4, -0.2) is 45.3 Å². The molecule has 4 aromatic rings. The van der Waals surface area contributed by atoms with Crippen LogP contribution in [0.5, 0.6) is 0 Å². The zero-order valence-corrected chi connectivity index (χ0v) is 15.6. The summed E-state index contributed by atoms with van der Waals surface area (Å²) in [5.41, 5.74) is 5.11. The monoisotopic (exact) mass is 372 g/mol. The predicted molar refractivity (Wildman–Crippen MR) is 108 cm³/mol. The smallest absolute Gasteiger partial charge is 0.229 e. The number of anilines is 1. The molecule has 0 unspecified atom stereocenters. The fourth-order valence-electron chi connectivity index (χ4n) is 4.74. The maximum Gasteiger partial charge on any atom is 0.229 e. The summed E-state index contributed by atoms with van der Waals surface area (Å²) in [4.78, 5) is 22.5. The first-order valence-corrected chi connectivity index (χ1v) is 9.56. The van der Waals surface area contributed by atoms with Gasteiger partial charge in [-0.05, 0) is 30.2 Å². The number of amides is 1. The minimum absolute atomic E-state index is 0.196. The van der Waals surface area contributed by atoms with E-state index in [1.165, 1.54) is 0 Å². The Hall–Kier alpha value is -3.35. The number of rotatable bonds is 2. The van der Waals surface area contributed by atoms with Crippen LogP contribution in [0.3, 0.4) is 0 Å². The summed E-state index contributed by atoms with van der Waals surface area (Å²) in [6.45, 7) is 2.30. The lowest BCUT2D eigenvalue weighted by atomic mass is 9.77. The molecule has 2 fully saturated rings. The number of carbonyl (C=O) groups excluding carboxylic acids is 1. The second-order valence-electron chi connectivity index (χ2n) is 7.94. The van der Waals surface area contributed by atoms with Crippen LogP contribution in [-0.2, 0) is 11.8 Å². The quantitative estimate of drug-likeness (QED) is 0.567. The van der Waals surface area contributed by atoms with Gasteiger partial charge in [-0.1, -0.05) is 6.07 Å². The van der Waals surface area contributed by atoms with Gasteiger partial charge in [0, 0.05) is 55.4 Å². The number of benzene rings is 1. The lowest BCUT2D eigenvalue weighted by molar-refractivity contribution is -0.128. The number of hydrogen-bond donors (Lipinski definition) is 2. The number of aromatic nitrogens is 4. The molecule has 5 heterocycles. The van der Waals surface area contributed by atoms with Gasteiger partial charge in [-0.2, -0.15) is 5.10 Å². The molecule has 1 amide bonds. The van der Waals surface area contributed by atoms with Gasteiger partial charge in [0.2, 0.25) is 5.91 Å². The summed E-state index contributed by atoms with van der Waals surface area (Å²) in [5, 5.41) is 9.55. The average molecular weight is 372 g/mol. The molecule has 2 N–H and O–H groups in total. The Bertz CT molecular complexity index is 1250. The number of nitrogens with one attached hydrogen (secondary N) is 2. The van der Waals surface area contributed by atoms with Gasteiger partial charge in [-0.15, -0.1) is 0 Å². The number of fused-ring (bicyclic) bond motifs is 2. The zero-order chi connectivity index (χ0) is 18.9. The molecular formula is C21H20N6O. The van der Waals surface area contributed by atoms with Gasteiger partial charge < -0.3 is 15.2 Å². The van der Waals surface area contributed by atoms with E-state index in [0.29, 0.717) is 0 Å². The summed E-state index contributed by atoms with van der Waals surface area (Å²) in [7, 11) is 1.95. The number of pyridine rings is 1. The van der Waals surface area contributed by atoms with Gasteiger partial charge in [0.1, 0.15) is 5.65 Å². The molecule has 2 aliphatic rings. The van der Waals surface area contributed by atoms with Crippen molar-refractivity contribution in [1.82, 2.24) is 25.1 Å². The van der Waals surface area contributed by atoms with Crippen molar-refractivity contribution >= 4 is 33.5 Å². The van der Waals surface area contributed by atoms with Crippen LogP contribution in [0.2, 0.25) is 0 Å². The molecule has 0 bridgehead atoms. The highest BCUT2D eigenvalue weighted by Crippen LogP contribution is 2.45. The topological polar surface area (TPSA) is 78.8 Å². The number of aryl methyl sites for hydroxylation is 1. The van der Waals surface area contributed by atoms with E-state index in [2.05, 4.69) is 49.5 Å². The Morgan fingerprint density at radius 1 is 1.18 bits per heavy atom. The maximum absolute atomic E-state index is 12.3. The van der Waals surface area contributed by atoms with E-state index in [1.54, 1.807) is 0 Å². The molecule has 0 atom stereocenters. The molecule has 3 aromatic heterocycles. The van der Waals surface area contributed by atoms with Crippen LogP contribution in [0.25, 0.3) is 33.1 Å². The van der Waals surface area contributed by atoms with Gasteiger partial charge in [-0.3, -0.25) is 9.48 Å². The Labute approximate surface area is 161 Å². The van der Waals surface area contributed by atoms with Crippen molar-refractivity contribution in [3.05, 3.63) is 42.9 Å². The Morgan fingerprint density at radius 2 is 2.07 bits per heavy atom.